The molecule has 0 amide bonds. The molecule has 0 saturated carbocycles. The predicted octanol–water partition coefficient (Wildman–Crippen LogP) is 1.88. The van der Waals surface area contributed by atoms with Gasteiger partial charge >= 0.3 is 0 Å². The summed E-state index contributed by atoms with van der Waals surface area (Å²) in [6.07, 6.45) is 4.35. The minimum Gasteiger partial charge on any atom is -0.337 e. The highest BCUT2D eigenvalue weighted by Crippen LogP contribution is 2.12. The fourth-order valence-electron chi connectivity index (χ4n) is 1.53. The van der Waals surface area contributed by atoms with E-state index in [4.69, 9.17) is 5.26 Å². The molecule has 0 aliphatic rings. The predicted molar refractivity (Wildman–Crippen MR) is 57.2 cm³/mol. The van der Waals surface area contributed by atoms with Crippen molar-refractivity contribution in [1.82, 2.24) is 9.55 Å². The lowest BCUT2D eigenvalue weighted by molar-refractivity contribution is 0.844. The Kier molecular flexibility index (Phi) is 2.51. The first-order valence-corrected chi connectivity index (χ1v) is 4.74. The second kappa shape index (κ2) is 3.97. The summed E-state index contributed by atoms with van der Waals surface area (Å²) in [5, 5.41) is 8.94. The molecule has 2 rings (SSSR count). The van der Waals surface area contributed by atoms with E-state index in [1.54, 1.807) is 6.33 Å². The lowest BCUT2D eigenvalue weighted by atomic mass is 10.0. The first-order chi connectivity index (χ1) is 7.31. The van der Waals surface area contributed by atoms with Gasteiger partial charge < -0.3 is 4.57 Å². The van der Waals surface area contributed by atoms with E-state index >= 15 is 0 Å². The van der Waals surface area contributed by atoms with Crippen molar-refractivity contribution in [3.05, 3.63) is 53.6 Å². The molecule has 0 saturated heterocycles. The van der Waals surface area contributed by atoms with Gasteiger partial charge in [-0.05, 0) is 11.6 Å². The van der Waals surface area contributed by atoms with Gasteiger partial charge in [0.1, 0.15) is 0 Å². The van der Waals surface area contributed by atoms with E-state index < -0.39 is 0 Å². The van der Waals surface area contributed by atoms with Gasteiger partial charge in [-0.1, -0.05) is 18.2 Å². The van der Waals surface area contributed by atoms with Gasteiger partial charge in [-0.3, -0.25) is 0 Å². The summed E-state index contributed by atoms with van der Waals surface area (Å²) in [7, 11) is 1.96. The highest BCUT2D eigenvalue weighted by atomic mass is 15.0. The number of aromatic nitrogens is 2. The van der Waals surface area contributed by atoms with Crippen LogP contribution >= 0.6 is 0 Å². The first kappa shape index (κ1) is 9.47. The van der Waals surface area contributed by atoms with Crippen LogP contribution in [0.2, 0.25) is 0 Å². The van der Waals surface area contributed by atoms with Crippen molar-refractivity contribution in [2.45, 2.75) is 6.42 Å². The van der Waals surface area contributed by atoms with Crippen LogP contribution in [0, 0.1) is 11.3 Å². The molecule has 1 aromatic carbocycles. The average Bonchev–Trinajstić information content (AvgIpc) is 2.65. The fraction of sp³-hybridized carbons (Fsp3) is 0.167. The molecule has 1 aromatic heterocycles. The molecule has 0 unspecified atom stereocenters. The molecule has 0 atom stereocenters. The quantitative estimate of drug-likeness (QED) is 0.737. The summed E-state index contributed by atoms with van der Waals surface area (Å²) in [4.78, 5) is 4.05. The smallest absolute Gasteiger partial charge is 0.0994 e. The molecule has 2 aromatic rings. The van der Waals surface area contributed by atoms with Crippen molar-refractivity contribution in [1.29, 1.82) is 5.26 Å². The molecule has 0 fully saturated rings. The lowest BCUT2D eigenvalue weighted by Crippen LogP contribution is -1.98. The maximum absolute atomic E-state index is 8.94. The van der Waals surface area contributed by atoms with E-state index in [1.165, 1.54) is 0 Å². The molecule has 0 N–H and O–H groups in total. The number of hydrogen-bond acceptors (Lipinski definition) is 2. The number of aryl methyl sites for hydroxylation is 1. The second-order valence-corrected chi connectivity index (χ2v) is 3.44. The van der Waals surface area contributed by atoms with E-state index in [9.17, 15) is 0 Å². The summed E-state index contributed by atoms with van der Waals surface area (Å²) in [6.45, 7) is 0. The van der Waals surface area contributed by atoms with Gasteiger partial charge in [-0.15, -0.1) is 0 Å². The van der Waals surface area contributed by atoms with Crippen LogP contribution in [0.15, 0.2) is 36.8 Å². The molecule has 15 heavy (non-hydrogen) atoms. The Bertz CT molecular complexity index is 506. The molecule has 0 bridgehead atoms. The largest absolute Gasteiger partial charge is 0.337 e. The molecule has 0 aliphatic carbocycles. The zero-order chi connectivity index (χ0) is 10.7. The van der Waals surface area contributed by atoms with Crippen molar-refractivity contribution in [3.63, 3.8) is 0 Å². The maximum atomic E-state index is 8.94. The van der Waals surface area contributed by atoms with Crippen molar-refractivity contribution in [3.8, 4) is 6.07 Å². The molecule has 0 aliphatic heterocycles. The molecule has 3 heteroatoms. The summed E-state index contributed by atoms with van der Waals surface area (Å²) in [5.74, 6) is 0. The van der Waals surface area contributed by atoms with Gasteiger partial charge in [-0.25, -0.2) is 4.98 Å². The Labute approximate surface area is 88.6 Å². The van der Waals surface area contributed by atoms with Gasteiger partial charge in [0.2, 0.25) is 0 Å². The molecule has 1 heterocycles. The summed E-state index contributed by atoms with van der Waals surface area (Å²) >= 11 is 0. The Hall–Kier alpha value is -2.08. The summed E-state index contributed by atoms with van der Waals surface area (Å²) in [5.41, 5.74) is 2.89. The molecular weight excluding hydrogens is 186 g/mol. The van der Waals surface area contributed by atoms with Gasteiger partial charge in [0, 0.05) is 25.4 Å². The minimum absolute atomic E-state index is 0.735. The summed E-state index contributed by atoms with van der Waals surface area (Å²) < 4.78 is 1.97. The third kappa shape index (κ3) is 1.89. The number of nitriles is 1. The third-order valence-corrected chi connectivity index (χ3v) is 2.43. The molecule has 0 radical (unpaired) electrons. The van der Waals surface area contributed by atoms with Crippen molar-refractivity contribution >= 4 is 0 Å². The van der Waals surface area contributed by atoms with Gasteiger partial charge in [-0.2, -0.15) is 5.26 Å². The van der Waals surface area contributed by atoms with Crippen LogP contribution in [0.25, 0.3) is 0 Å². The van der Waals surface area contributed by atoms with Gasteiger partial charge in [0.05, 0.1) is 18.0 Å². The number of benzene rings is 1. The highest BCUT2D eigenvalue weighted by Gasteiger charge is 2.04. The molecule has 0 spiro atoms. The van der Waals surface area contributed by atoms with Crippen LogP contribution in [0.3, 0.4) is 0 Å². The van der Waals surface area contributed by atoms with E-state index in [-0.39, 0.29) is 0 Å². The Morgan fingerprint density at radius 3 is 2.87 bits per heavy atom. The van der Waals surface area contributed by atoms with E-state index in [2.05, 4.69) is 11.1 Å². The second-order valence-electron chi connectivity index (χ2n) is 3.44. The van der Waals surface area contributed by atoms with Crippen LogP contribution in [0.5, 0.6) is 0 Å². The Morgan fingerprint density at radius 1 is 1.40 bits per heavy atom. The highest BCUT2D eigenvalue weighted by molar-refractivity contribution is 5.39. The van der Waals surface area contributed by atoms with Crippen LogP contribution < -0.4 is 0 Å². The fourth-order valence-corrected chi connectivity index (χ4v) is 1.53. The van der Waals surface area contributed by atoms with Gasteiger partial charge in [0.25, 0.3) is 0 Å². The van der Waals surface area contributed by atoms with E-state index in [1.807, 2.05) is 42.1 Å². The zero-order valence-electron chi connectivity index (χ0n) is 8.51. The Morgan fingerprint density at radius 2 is 2.20 bits per heavy atom. The van der Waals surface area contributed by atoms with Crippen LogP contribution in [-0.4, -0.2) is 9.55 Å². The van der Waals surface area contributed by atoms with E-state index in [0.717, 1.165) is 23.2 Å². The lowest BCUT2D eigenvalue weighted by Gasteiger charge is -2.03. The SMILES string of the molecule is Cn1cncc1Cc1ccccc1C#N. The van der Waals surface area contributed by atoms with Crippen molar-refractivity contribution < 1.29 is 0 Å². The van der Waals surface area contributed by atoms with Crippen LogP contribution in [0.1, 0.15) is 16.8 Å². The van der Waals surface area contributed by atoms with E-state index in [0.29, 0.717) is 0 Å². The van der Waals surface area contributed by atoms with Crippen LogP contribution in [-0.2, 0) is 13.5 Å². The zero-order valence-corrected chi connectivity index (χ0v) is 8.51. The first-order valence-electron chi connectivity index (χ1n) is 4.74. The Balaban J connectivity index is 2.33. The molecule has 74 valence electrons. The topological polar surface area (TPSA) is 41.6 Å². The number of nitrogens with zero attached hydrogens (tertiary/aromatic N) is 3. The number of imidazole rings is 1. The monoisotopic (exact) mass is 197 g/mol. The number of hydrogen-bond donors (Lipinski definition) is 0. The third-order valence-electron chi connectivity index (χ3n) is 2.43. The standard InChI is InChI=1S/C12H11N3/c1-15-9-14-8-12(15)6-10-4-2-3-5-11(10)7-13/h2-5,8-9H,6H2,1H3. The van der Waals surface area contributed by atoms with Crippen LogP contribution in [0.4, 0.5) is 0 Å². The average molecular weight is 197 g/mol. The molecule has 3 nitrogen and oxygen atoms in total. The van der Waals surface area contributed by atoms with Gasteiger partial charge in [0.15, 0.2) is 0 Å². The normalized spacial score (nSPS) is 9.87. The minimum atomic E-state index is 0.735. The molecular formula is C12H11N3. The van der Waals surface area contributed by atoms with Crippen molar-refractivity contribution in [2.24, 2.45) is 7.05 Å². The number of rotatable bonds is 2. The van der Waals surface area contributed by atoms with Crippen molar-refractivity contribution in [2.75, 3.05) is 0 Å². The summed E-state index contributed by atoms with van der Waals surface area (Å²) in [6, 6.07) is 9.85. The maximum Gasteiger partial charge on any atom is 0.0994 e.